The van der Waals surface area contributed by atoms with Gasteiger partial charge in [0.2, 0.25) is 5.91 Å². The van der Waals surface area contributed by atoms with E-state index in [1.807, 2.05) is 0 Å². The molecule has 150 valence electrons. The second kappa shape index (κ2) is 13.1. The Morgan fingerprint density at radius 1 is 1.12 bits per heavy atom. The van der Waals surface area contributed by atoms with Crippen molar-refractivity contribution in [3.05, 3.63) is 12.2 Å². The summed E-state index contributed by atoms with van der Waals surface area (Å²) in [4.78, 5) is 16.3. The van der Waals surface area contributed by atoms with Gasteiger partial charge in [0.1, 0.15) is 6.54 Å². The van der Waals surface area contributed by atoms with Crippen LogP contribution in [0.4, 0.5) is 0 Å². The maximum absolute atomic E-state index is 11.5. The van der Waals surface area contributed by atoms with Gasteiger partial charge in [-0.2, -0.15) is 0 Å². The van der Waals surface area contributed by atoms with E-state index in [9.17, 15) is 4.79 Å². The molecule has 1 N–H and O–H groups in total. The van der Waals surface area contributed by atoms with Crippen molar-refractivity contribution in [3.63, 3.8) is 0 Å². The monoisotopic (exact) mass is 364 g/mol. The molecule has 1 rings (SSSR count). The molecule has 0 aromatic rings. The van der Waals surface area contributed by atoms with Crippen LogP contribution in [-0.4, -0.2) is 42.0 Å². The molecular formula is C22H42N3O+. The Bertz CT molecular complexity index is 458. The van der Waals surface area contributed by atoms with Gasteiger partial charge >= 0.3 is 0 Å². The number of hydrogen-bond donors (Lipinski definition) is 1. The minimum atomic E-state index is 0.0520. The molecule has 0 spiro atoms. The van der Waals surface area contributed by atoms with Crippen molar-refractivity contribution in [1.29, 1.82) is 0 Å². The van der Waals surface area contributed by atoms with Crippen LogP contribution in [0.1, 0.15) is 91.9 Å². The summed E-state index contributed by atoms with van der Waals surface area (Å²) in [5.74, 6) is 1.34. The summed E-state index contributed by atoms with van der Waals surface area (Å²) < 4.78 is 0.844. The lowest BCUT2D eigenvalue weighted by Crippen LogP contribution is -2.62. The molecule has 26 heavy (non-hydrogen) atoms. The highest BCUT2D eigenvalue weighted by atomic mass is 16.1. The Hall–Kier alpha value is -1.16. The molecule has 0 radical (unpaired) electrons. The number of quaternary nitrogens is 1. The molecule has 0 saturated carbocycles. The number of aliphatic imine (C=N–C) groups is 1. The lowest BCUT2D eigenvalue weighted by Gasteiger charge is -2.39. The van der Waals surface area contributed by atoms with Gasteiger partial charge in [-0.3, -0.25) is 9.28 Å². The van der Waals surface area contributed by atoms with Crippen molar-refractivity contribution in [2.45, 2.75) is 98.1 Å². The Morgan fingerprint density at radius 3 is 2.35 bits per heavy atom. The average Bonchev–Trinajstić information content (AvgIpc) is 3.03. The fraction of sp³-hybridized carbons (Fsp3) is 0.818. The largest absolute Gasteiger partial charge is 0.307 e. The first-order chi connectivity index (χ1) is 12.6. The molecule has 2 unspecified atom stereocenters. The van der Waals surface area contributed by atoms with Crippen LogP contribution in [0.5, 0.6) is 0 Å². The van der Waals surface area contributed by atoms with Crippen molar-refractivity contribution in [2.75, 3.05) is 19.6 Å². The van der Waals surface area contributed by atoms with Crippen LogP contribution in [0.3, 0.4) is 0 Å². The highest BCUT2D eigenvalue weighted by Gasteiger charge is 2.41. The van der Waals surface area contributed by atoms with Gasteiger partial charge in [-0.05, 0) is 39.0 Å². The number of carbonyl (C=O) groups is 1. The summed E-state index contributed by atoms with van der Waals surface area (Å²) in [6.45, 7) is 11.1. The van der Waals surface area contributed by atoms with Crippen molar-refractivity contribution in [1.82, 2.24) is 5.32 Å². The molecule has 0 bridgehead atoms. The molecular weight excluding hydrogens is 322 g/mol. The molecule has 0 fully saturated rings. The van der Waals surface area contributed by atoms with E-state index in [1.54, 1.807) is 6.92 Å². The third-order valence-corrected chi connectivity index (χ3v) is 5.69. The smallest absolute Gasteiger partial charge is 0.221 e. The average molecular weight is 365 g/mol. The zero-order valence-corrected chi connectivity index (χ0v) is 17.7. The molecule has 0 saturated heterocycles. The number of nitrogens with one attached hydrogen (secondary N) is 1. The number of amidine groups is 1. The summed E-state index contributed by atoms with van der Waals surface area (Å²) in [7, 11) is 0. The predicted octanol–water partition coefficient (Wildman–Crippen LogP) is 5.19. The Labute approximate surface area is 161 Å². The van der Waals surface area contributed by atoms with Crippen LogP contribution in [0.25, 0.3) is 0 Å². The van der Waals surface area contributed by atoms with Gasteiger partial charge in [0, 0.05) is 20.3 Å². The van der Waals surface area contributed by atoms with Crippen LogP contribution in [0.2, 0.25) is 0 Å². The van der Waals surface area contributed by atoms with Gasteiger partial charge in [0.25, 0.3) is 0 Å². The number of hydrogen-bond acceptors (Lipinski definition) is 2. The van der Waals surface area contributed by atoms with Gasteiger partial charge in [-0.1, -0.05) is 44.8 Å². The van der Waals surface area contributed by atoms with Gasteiger partial charge in [-0.15, -0.1) is 0 Å². The summed E-state index contributed by atoms with van der Waals surface area (Å²) in [5.41, 5.74) is 0. The minimum Gasteiger partial charge on any atom is -0.307 e. The number of rotatable bonds is 14. The second-order valence-corrected chi connectivity index (χ2v) is 7.67. The number of carbonyl (C=O) groups excluding carboxylic acids is 1. The van der Waals surface area contributed by atoms with Crippen LogP contribution in [0.15, 0.2) is 17.1 Å². The fourth-order valence-electron chi connectivity index (χ4n) is 4.03. The third kappa shape index (κ3) is 7.61. The molecule has 1 amide bonds. The quantitative estimate of drug-likeness (QED) is 0.257. The Kier molecular flexibility index (Phi) is 11.5. The zero-order chi connectivity index (χ0) is 19.3. The van der Waals surface area contributed by atoms with Crippen LogP contribution in [0, 0.1) is 0 Å². The van der Waals surface area contributed by atoms with E-state index in [2.05, 4.69) is 38.2 Å². The minimum absolute atomic E-state index is 0.0520. The van der Waals surface area contributed by atoms with Crippen LogP contribution < -0.4 is 5.32 Å². The SMILES string of the molecule is CCCCCC/C=C/CCCCCC1=NCC[N+]1(CC)C(C)NC(C)=O. The number of amides is 1. The highest BCUT2D eigenvalue weighted by Crippen LogP contribution is 2.23. The zero-order valence-electron chi connectivity index (χ0n) is 17.7. The van der Waals surface area contributed by atoms with E-state index in [4.69, 9.17) is 4.99 Å². The number of allylic oxidation sites excluding steroid dienone is 2. The first-order valence-electron chi connectivity index (χ1n) is 10.9. The lowest BCUT2D eigenvalue weighted by molar-refractivity contribution is -0.861. The maximum Gasteiger partial charge on any atom is 0.221 e. The third-order valence-electron chi connectivity index (χ3n) is 5.69. The molecule has 4 heteroatoms. The summed E-state index contributed by atoms with van der Waals surface area (Å²) in [5, 5.41) is 3.09. The molecule has 0 aromatic carbocycles. The molecule has 4 nitrogen and oxygen atoms in total. The summed E-state index contributed by atoms with van der Waals surface area (Å²) >= 11 is 0. The first-order valence-corrected chi connectivity index (χ1v) is 10.9. The maximum atomic E-state index is 11.5. The van der Waals surface area contributed by atoms with Crippen molar-refractivity contribution >= 4 is 11.7 Å². The van der Waals surface area contributed by atoms with E-state index in [0.717, 1.165) is 30.5 Å². The van der Waals surface area contributed by atoms with E-state index < -0.39 is 0 Å². The number of nitrogens with zero attached hydrogens (tertiary/aromatic N) is 2. The normalized spacial score (nSPS) is 21.2. The van der Waals surface area contributed by atoms with Gasteiger partial charge in [-0.25, -0.2) is 4.99 Å². The molecule has 2 atom stereocenters. The van der Waals surface area contributed by atoms with E-state index >= 15 is 0 Å². The predicted molar refractivity (Wildman–Crippen MR) is 112 cm³/mol. The Balaban J connectivity index is 2.25. The summed E-state index contributed by atoms with van der Waals surface area (Å²) in [6, 6.07) is 0. The number of unbranched alkanes of at least 4 members (excludes halogenated alkanes) is 7. The van der Waals surface area contributed by atoms with Gasteiger partial charge in [0.05, 0.1) is 13.1 Å². The molecule has 1 aliphatic rings. The summed E-state index contributed by atoms with van der Waals surface area (Å²) in [6.07, 6.45) is 17.5. The molecule has 0 aromatic heterocycles. The van der Waals surface area contributed by atoms with E-state index in [0.29, 0.717) is 0 Å². The first kappa shape index (κ1) is 22.9. The van der Waals surface area contributed by atoms with Gasteiger partial charge in [0.15, 0.2) is 12.0 Å². The van der Waals surface area contributed by atoms with Crippen LogP contribution >= 0.6 is 0 Å². The standard InChI is InChI=1S/C22H41N3O/c1-5-7-8-9-10-11-12-13-14-15-16-17-22-23-18-19-25(22,6-2)20(3)24-21(4)26/h11-12,20H,5-10,13-19H2,1-4H3/p+1/b12-11+. The van der Waals surface area contributed by atoms with Crippen molar-refractivity contribution in [3.8, 4) is 0 Å². The molecule has 0 aliphatic carbocycles. The van der Waals surface area contributed by atoms with Crippen molar-refractivity contribution < 1.29 is 9.28 Å². The fourth-order valence-corrected chi connectivity index (χ4v) is 4.03. The van der Waals surface area contributed by atoms with Gasteiger partial charge < -0.3 is 5.32 Å². The van der Waals surface area contributed by atoms with E-state index in [1.165, 1.54) is 63.6 Å². The molecule has 1 aliphatic heterocycles. The highest BCUT2D eigenvalue weighted by molar-refractivity contribution is 5.78. The second-order valence-electron chi connectivity index (χ2n) is 7.67. The molecule has 1 heterocycles. The van der Waals surface area contributed by atoms with Crippen LogP contribution in [-0.2, 0) is 4.79 Å². The Morgan fingerprint density at radius 2 is 1.77 bits per heavy atom. The number of likely N-dealkylation sites (N-methyl/N-ethyl adjacent to an activating group) is 1. The lowest BCUT2D eigenvalue weighted by atomic mass is 10.1. The van der Waals surface area contributed by atoms with Crippen molar-refractivity contribution in [2.24, 2.45) is 4.99 Å². The topological polar surface area (TPSA) is 41.5 Å². The van der Waals surface area contributed by atoms with E-state index in [-0.39, 0.29) is 12.1 Å².